The van der Waals surface area contributed by atoms with Crippen LogP contribution in [-0.4, -0.2) is 54.4 Å². The summed E-state index contributed by atoms with van der Waals surface area (Å²) < 4.78 is 5.55. The van der Waals surface area contributed by atoms with Crippen molar-refractivity contribution in [3.63, 3.8) is 0 Å². The molecule has 3 rings (SSSR count). The van der Waals surface area contributed by atoms with E-state index in [1.807, 2.05) is 41.8 Å². The average Bonchev–Trinajstić information content (AvgIpc) is 2.80. The fourth-order valence-corrected chi connectivity index (χ4v) is 3.54. The van der Waals surface area contributed by atoms with E-state index < -0.39 is 0 Å². The number of hydrogen-bond acceptors (Lipinski definition) is 3. The molecule has 5 nitrogen and oxygen atoms in total. The zero-order valence-electron chi connectivity index (χ0n) is 15.3. The molecule has 1 saturated carbocycles. The van der Waals surface area contributed by atoms with Crippen LogP contribution in [0.5, 0.6) is 5.75 Å². The summed E-state index contributed by atoms with van der Waals surface area (Å²) in [5.41, 5.74) is 1.67. The van der Waals surface area contributed by atoms with Crippen molar-refractivity contribution >= 4 is 11.8 Å². The topological polar surface area (TPSA) is 49.9 Å². The number of ether oxygens (including phenoxy) is 1. The van der Waals surface area contributed by atoms with Gasteiger partial charge in [-0.05, 0) is 56.9 Å². The second kappa shape index (κ2) is 7.89. The third kappa shape index (κ3) is 3.97. The molecule has 2 aliphatic rings. The predicted molar refractivity (Wildman–Crippen MR) is 96.8 cm³/mol. The van der Waals surface area contributed by atoms with Gasteiger partial charge in [-0.1, -0.05) is 6.42 Å². The molecule has 2 amide bonds. The number of aryl methyl sites for hydroxylation is 1. The van der Waals surface area contributed by atoms with Gasteiger partial charge in [-0.2, -0.15) is 0 Å². The molecule has 1 heterocycles. The largest absolute Gasteiger partial charge is 0.494 e. The van der Waals surface area contributed by atoms with Crippen molar-refractivity contribution in [2.45, 2.75) is 39.5 Å². The van der Waals surface area contributed by atoms with Gasteiger partial charge in [0.05, 0.1) is 6.61 Å². The standard InChI is InChI=1S/C20H28N2O3/c1-3-25-18-9-8-17(14-15(18)2)20(24)22-11-5-10-21(12-13-22)19(23)16-6-4-7-16/h8-9,14,16H,3-7,10-13H2,1-2H3. The van der Waals surface area contributed by atoms with Crippen LogP contribution in [0, 0.1) is 12.8 Å². The second-order valence-corrected chi connectivity index (χ2v) is 7.01. The minimum atomic E-state index is 0.0455. The fraction of sp³-hybridized carbons (Fsp3) is 0.600. The Morgan fingerprint density at radius 2 is 1.80 bits per heavy atom. The van der Waals surface area contributed by atoms with Gasteiger partial charge < -0.3 is 14.5 Å². The van der Waals surface area contributed by atoms with Gasteiger partial charge in [-0.3, -0.25) is 9.59 Å². The fourth-order valence-electron chi connectivity index (χ4n) is 3.54. The van der Waals surface area contributed by atoms with Crippen molar-refractivity contribution in [1.29, 1.82) is 0 Å². The van der Waals surface area contributed by atoms with E-state index >= 15 is 0 Å². The zero-order valence-corrected chi connectivity index (χ0v) is 15.3. The van der Waals surface area contributed by atoms with Crippen LogP contribution in [0.3, 0.4) is 0 Å². The number of carbonyl (C=O) groups excluding carboxylic acids is 2. The minimum Gasteiger partial charge on any atom is -0.494 e. The lowest BCUT2D eigenvalue weighted by Gasteiger charge is -2.31. The quantitative estimate of drug-likeness (QED) is 0.844. The number of carbonyl (C=O) groups is 2. The van der Waals surface area contributed by atoms with Gasteiger partial charge in [0.25, 0.3) is 5.91 Å². The van der Waals surface area contributed by atoms with Crippen molar-refractivity contribution in [3.05, 3.63) is 29.3 Å². The van der Waals surface area contributed by atoms with E-state index in [4.69, 9.17) is 4.74 Å². The lowest BCUT2D eigenvalue weighted by Crippen LogP contribution is -2.41. The smallest absolute Gasteiger partial charge is 0.253 e. The first-order valence-electron chi connectivity index (χ1n) is 9.41. The molecule has 0 aromatic heterocycles. The van der Waals surface area contributed by atoms with Gasteiger partial charge in [0.1, 0.15) is 5.75 Å². The van der Waals surface area contributed by atoms with Crippen LogP contribution in [0.25, 0.3) is 0 Å². The van der Waals surface area contributed by atoms with Crippen LogP contribution in [-0.2, 0) is 4.79 Å². The Kier molecular flexibility index (Phi) is 5.61. The van der Waals surface area contributed by atoms with Crippen molar-refractivity contribution in [2.24, 2.45) is 5.92 Å². The maximum absolute atomic E-state index is 12.8. The monoisotopic (exact) mass is 344 g/mol. The number of hydrogen-bond donors (Lipinski definition) is 0. The van der Waals surface area contributed by atoms with Crippen LogP contribution >= 0.6 is 0 Å². The summed E-state index contributed by atoms with van der Waals surface area (Å²) in [7, 11) is 0. The molecule has 2 fully saturated rings. The SMILES string of the molecule is CCOc1ccc(C(=O)N2CCCN(C(=O)C3CCC3)CC2)cc1C. The highest BCUT2D eigenvalue weighted by atomic mass is 16.5. The molecular weight excluding hydrogens is 316 g/mol. The molecule has 1 saturated heterocycles. The van der Waals surface area contributed by atoms with Crippen LogP contribution < -0.4 is 4.74 Å². The molecule has 1 aromatic rings. The van der Waals surface area contributed by atoms with Crippen molar-refractivity contribution in [2.75, 3.05) is 32.8 Å². The summed E-state index contributed by atoms with van der Waals surface area (Å²) in [5.74, 6) is 1.39. The Labute approximate surface area is 149 Å². The number of amides is 2. The molecule has 0 spiro atoms. The molecular formula is C20H28N2O3. The first-order valence-corrected chi connectivity index (χ1v) is 9.41. The Hall–Kier alpha value is -2.04. The molecule has 0 bridgehead atoms. The lowest BCUT2D eigenvalue weighted by atomic mass is 9.84. The Bertz CT molecular complexity index is 640. The summed E-state index contributed by atoms with van der Waals surface area (Å²) >= 11 is 0. The van der Waals surface area contributed by atoms with Crippen LogP contribution in [0.1, 0.15) is 48.5 Å². The first kappa shape index (κ1) is 17.8. The lowest BCUT2D eigenvalue weighted by molar-refractivity contribution is -0.138. The highest BCUT2D eigenvalue weighted by Crippen LogP contribution is 2.28. The van der Waals surface area contributed by atoms with Crippen molar-refractivity contribution in [1.82, 2.24) is 9.80 Å². The van der Waals surface area contributed by atoms with E-state index in [1.165, 1.54) is 6.42 Å². The molecule has 1 aliphatic carbocycles. The van der Waals surface area contributed by atoms with Gasteiger partial charge in [0, 0.05) is 37.7 Å². The van der Waals surface area contributed by atoms with E-state index in [9.17, 15) is 9.59 Å². The van der Waals surface area contributed by atoms with Crippen LogP contribution in [0.2, 0.25) is 0 Å². The molecule has 25 heavy (non-hydrogen) atoms. The molecule has 0 unspecified atom stereocenters. The molecule has 5 heteroatoms. The molecule has 0 radical (unpaired) electrons. The third-order valence-corrected chi connectivity index (χ3v) is 5.27. The molecule has 136 valence electrons. The Morgan fingerprint density at radius 3 is 2.44 bits per heavy atom. The van der Waals surface area contributed by atoms with E-state index in [2.05, 4.69) is 0 Å². The van der Waals surface area contributed by atoms with Crippen molar-refractivity contribution < 1.29 is 14.3 Å². The molecule has 1 aliphatic heterocycles. The normalized spacial score (nSPS) is 18.5. The summed E-state index contributed by atoms with van der Waals surface area (Å²) in [4.78, 5) is 29.1. The minimum absolute atomic E-state index is 0.0455. The number of benzene rings is 1. The van der Waals surface area contributed by atoms with Gasteiger partial charge in [-0.25, -0.2) is 0 Å². The van der Waals surface area contributed by atoms with E-state index in [1.54, 1.807) is 0 Å². The highest BCUT2D eigenvalue weighted by molar-refractivity contribution is 5.94. The summed E-state index contributed by atoms with van der Waals surface area (Å²) in [6.45, 7) is 7.27. The number of nitrogens with zero attached hydrogens (tertiary/aromatic N) is 2. The highest BCUT2D eigenvalue weighted by Gasteiger charge is 2.31. The van der Waals surface area contributed by atoms with Gasteiger partial charge in [0.2, 0.25) is 5.91 Å². The van der Waals surface area contributed by atoms with Gasteiger partial charge in [-0.15, -0.1) is 0 Å². The first-order chi connectivity index (χ1) is 12.1. The third-order valence-electron chi connectivity index (χ3n) is 5.27. The molecule has 1 aromatic carbocycles. The second-order valence-electron chi connectivity index (χ2n) is 7.01. The van der Waals surface area contributed by atoms with E-state index in [0.717, 1.165) is 37.1 Å². The maximum Gasteiger partial charge on any atom is 0.253 e. The Balaban J connectivity index is 1.62. The summed E-state index contributed by atoms with van der Waals surface area (Å²) in [5, 5.41) is 0. The zero-order chi connectivity index (χ0) is 17.8. The maximum atomic E-state index is 12.8. The van der Waals surface area contributed by atoms with E-state index in [-0.39, 0.29) is 17.7 Å². The summed E-state index contributed by atoms with van der Waals surface area (Å²) in [6, 6.07) is 5.61. The average molecular weight is 344 g/mol. The van der Waals surface area contributed by atoms with Crippen molar-refractivity contribution in [3.8, 4) is 5.75 Å². The number of rotatable bonds is 4. The van der Waals surface area contributed by atoms with Crippen LogP contribution in [0.15, 0.2) is 18.2 Å². The molecule has 0 N–H and O–H groups in total. The predicted octanol–water partition coefficient (Wildman–Crippen LogP) is 2.87. The summed E-state index contributed by atoms with van der Waals surface area (Å²) in [6.07, 6.45) is 4.08. The van der Waals surface area contributed by atoms with Gasteiger partial charge >= 0.3 is 0 Å². The van der Waals surface area contributed by atoms with Gasteiger partial charge in [0.15, 0.2) is 0 Å². The Morgan fingerprint density at radius 1 is 1.08 bits per heavy atom. The van der Waals surface area contributed by atoms with E-state index in [0.29, 0.717) is 31.8 Å². The van der Waals surface area contributed by atoms with Crippen LogP contribution in [0.4, 0.5) is 0 Å². The molecule has 0 atom stereocenters.